The van der Waals surface area contributed by atoms with Crippen LogP contribution in [0.15, 0.2) is 42.5 Å². The minimum absolute atomic E-state index is 0.0171. The lowest BCUT2D eigenvalue weighted by molar-refractivity contribution is -0.139. The normalized spacial score (nSPS) is 16.3. The maximum Gasteiger partial charge on any atom is 0.263 e. The number of nitrogens with zero attached hydrogens (tertiary/aromatic N) is 1. The van der Waals surface area contributed by atoms with Crippen LogP contribution in [0.4, 0.5) is 0 Å². The predicted molar refractivity (Wildman–Crippen MR) is 103 cm³/mol. The zero-order valence-corrected chi connectivity index (χ0v) is 15.9. The molecule has 1 heterocycles. The van der Waals surface area contributed by atoms with E-state index in [0.717, 1.165) is 31.5 Å². The standard InChI is InChI=1S/C21H24ClNO3/c1-14-13-18(22)5-8-20(14)26-15(2)21(25)23-11-9-17(10-12-23)16-3-6-19(24)7-4-16/h3-8,13,15,17,24H,9-12H2,1-2H3. The van der Waals surface area contributed by atoms with Crippen molar-refractivity contribution >= 4 is 17.5 Å². The molecule has 0 saturated carbocycles. The average molecular weight is 374 g/mol. The first kappa shape index (κ1) is 18.6. The summed E-state index contributed by atoms with van der Waals surface area (Å²) in [5, 5.41) is 10.1. The van der Waals surface area contributed by atoms with Gasteiger partial charge in [0.25, 0.3) is 5.91 Å². The van der Waals surface area contributed by atoms with Gasteiger partial charge >= 0.3 is 0 Å². The van der Waals surface area contributed by atoms with E-state index in [1.165, 1.54) is 5.56 Å². The number of halogens is 1. The van der Waals surface area contributed by atoms with E-state index < -0.39 is 6.10 Å². The number of ether oxygens (including phenoxy) is 1. The summed E-state index contributed by atoms with van der Waals surface area (Å²) >= 11 is 5.97. The number of hydrogen-bond acceptors (Lipinski definition) is 3. The largest absolute Gasteiger partial charge is 0.508 e. The Morgan fingerprint density at radius 3 is 2.46 bits per heavy atom. The minimum atomic E-state index is -0.528. The highest BCUT2D eigenvalue weighted by molar-refractivity contribution is 6.30. The minimum Gasteiger partial charge on any atom is -0.508 e. The zero-order chi connectivity index (χ0) is 18.7. The van der Waals surface area contributed by atoms with E-state index in [1.54, 1.807) is 31.2 Å². The summed E-state index contributed by atoms with van der Waals surface area (Å²) in [6.07, 6.45) is 1.31. The van der Waals surface area contributed by atoms with Gasteiger partial charge in [0, 0.05) is 18.1 Å². The molecule has 1 unspecified atom stereocenters. The van der Waals surface area contributed by atoms with E-state index in [2.05, 4.69) is 0 Å². The number of aryl methyl sites for hydroxylation is 1. The number of phenolic OH excluding ortho intramolecular Hbond substituents is 1. The number of piperidine rings is 1. The van der Waals surface area contributed by atoms with Crippen LogP contribution in [0.2, 0.25) is 5.02 Å². The smallest absolute Gasteiger partial charge is 0.263 e. The maximum atomic E-state index is 12.7. The predicted octanol–water partition coefficient (Wildman–Crippen LogP) is 4.53. The number of carbonyl (C=O) groups excluding carboxylic acids is 1. The number of rotatable bonds is 4. The molecule has 0 spiro atoms. The summed E-state index contributed by atoms with van der Waals surface area (Å²) in [4.78, 5) is 14.6. The van der Waals surface area contributed by atoms with Crippen molar-refractivity contribution in [3.8, 4) is 11.5 Å². The lowest BCUT2D eigenvalue weighted by Gasteiger charge is -2.33. The fraction of sp³-hybridized carbons (Fsp3) is 0.381. The van der Waals surface area contributed by atoms with Crippen molar-refractivity contribution in [2.75, 3.05) is 13.1 Å². The molecule has 4 nitrogen and oxygen atoms in total. The van der Waals surface area contributed by atoms with E-state index in [1.807, 2.05) is 30.0 Å². The van der Waals surface area contributed by atoms with E-state index in [9.17, 15) is 9.90 Å². The second kappa shape index (κ2) is 8.00. The van der Waals surface area contributed by atoms with Gasteiger partial charge in [0.15, 0.2) is 6.10 Å². The van der Waals surface area contributed by atoms with Gasteiger partial charge in [-0.3, -0.25) is 4.79 Å². The molecule has 1 aliphatic heterocycles. The average Bonchev–Trinajstić information content (AvgIpc) is 2.64. The third kappa shape index (κ3) is 4.31. The fourth-order valence-corrected chi connectivity index (χ4v) is 3.65. The third-order valence-electron chi connectivity index (χ3n) is 4.96. The first-order valence-electron chi connectivity index (χ1n) is 8.94. The number of aromatic hydroxyl groups is 1. The first-order valence-corrected chi connectivity index (χ1v) is 9.32. The van der Waals surface area contributed by atoms with E-state index in [-0.39, 0.29) is 11.7 Å². The summed E-state index contributed by atoms with van der Waals surface area (Å²) in [7, 11) is 0. The molecule has 1 fully saturated rings. The molecule has 1 saturated heterocycles. The molecule has 1 N–H and O–H groups in total. The number of likely N-dealkylation sites (tertiary alicyclic amines) is 1. The SMILES string of the molecule is Cc1cc(Cl)ccc1OC(C)C(=O)N1CCC(c2ccc(O)cc2)CC1. The molecular weight excluding hydrogens is 350 g/mol. The van der Waals surface area contributed by atoms with Crippen molar-refractivity contribution in [1.29, 1.82) is 0 Å². The molecule has 2 aromatic carbocycles. The molecule has 0 aliphatic carbocycles. The molecule has 0 aromatic heterocycles. The van der Waals surface area contributed by atoms with Crippen LogP contribution in [0.1, 0.15) is 36.8 Å². The number of carbonyl (C=O) groups is 1. The van der Waals surface area contributed by atoms with Crippen molar-refractivity contribution < 1.29 is 14.6 Å². The molecule has 0 radical (unpaired) electrons. The van der Waals surface area contributed by atoms with Gasteiger partial charge in [-0.2, -0.15) is 0 Å². The van der Waals surface area contributed by atoms with Crippen molar-refractivity contribution in [3.05, 3.63) is 58.6 Å². The second-order valence-corrected chi connectivity index (χ2v) is 7.30. The first-order chi connectivity index (χ1) is 12.4. The zero-order valence-electron chi connectivity index (χ0n) is 15.1. The lowest BCUT2D eigenvalue weighted by Crippen LogP contribution is -2.44. The Kier molecular flexibility index (Phi) is 5.72. The molecule has 1 aliphatic rings. The van der Waals surface area contributed by atoms with Crippen LogP contribution < -0.4 is 4.74 Å². The van der Waals surface area contributed by atoms with Crippen LogP contribution in [0.3, 0.4) is 0 Å². The Labute approximate surface area is 159 Å². The lowest BCUT2D eigenvalue weighted by atomic mass is 9.89. The van der Waals surface area contributed by atoms with Crippen molar-refractivity contribution in [2.24, 2.45) is 0 Å². The van der Waals surface area contributed by atoms with Crippen LogP contribution in [-0.2, 0) is 4.79 Å². The number of phenols is 1. The molecule has 5 heteroatoms. The highest BCUT2D eigenvalue weighted by Crippen LogP contribution is 2.30. The van der Waals surface area contributed by atoms with Gasteiger partial charge in [0.05, 0.1) is 0 Å². The fourth-order valence-electron chi connectivity index (χ4n) is 3.42. The van der Waals surface area contributed by atoms with E-state index in [4.69, 9.17) is 16.3 Å². The molecule has 1 amide bonds. The van der Waals surface area contributed by atoms with Gasteiger partial charge in [-0.15, -0.1) is 0 Å². The van der Waals surface area contributed by atoms with Crippen molar-refractivity contribution in [1.82, 2.24) is 4.90 Å². The number of amides is 1. The van der Waals surface area contributed by atoms with Crippen LogP contribution >= 0.6 is 11.6 Å². The molecule has 3 rings (SSSR count). The van der Waals surface area contributed by atoms with Gasteiger partial charge in [-0.05, 0) is 74.1 Å². The summed E-state index contributed by atoms with van der Waals surface area (Å²) in [5.41, 5.74) is 2.14. The molecule has 2 aromatic rings. The van der Waals surface area contributed by atoms with Gasteiger partial charge in [0.1, 0.15) is 11.5 Å². The second-order valence-electron chi connectivity index (χ2n) is 6.86. The molecule has 138 valence electrons. The van der Waals surface area contributed by atoms with Gasteiger partial charge in [0.2, 0.25) is 0 Å². The van der Waals surface area contributed by atoms with Gasteiger partial charge < -0.3 is 14.7 Å². The summed E-state index contributed by atoms with van der Waals surface area (Å²) in [6.45, 7) is 5.15. The number of hydrogen-bond donors (Lipinski definition) is 1. The van der Waals surface area contributed by atoms with Crippen LogP contribution in [0.5, 0.6) is 11.5 Å². The Balaban J connectivity index is 1.56. The van der Waals surface area contributed by atoms with Gasteiger partial charge in [-0.1, -0.05) is 23.7 Å². The summed E-state index contributed by atoms with van der Waals surface area (Å²) < 4.78 is 5.86. The monoisotopic (exact) mass is 373 g/mol. The Morgan fingerprint density at radius 2 is 1.85 bits per heavy atom. The topological polar surface area (TPSA) is 49.8 Å². The molecular formula is C21H24ClNO3. The quantitative estimate of drug-likeness (QED) is 0.856. The van der Waals surface area contributed by atoms with E-state index in [0.29, 0.717) is 16.7 Å². The molecule has 26 heavy (non-hydrogen) atoms. The van der Waals surface area contributed by atoms with Crippen LogP contribution in [0.25, 0.3) is 0 Å². The van der Waals surface area contributed by atoms with Gasteiger partial charge in [-0.25, -0.2) is 0 Å². The molecule has 0 bridgehead atoms. The Morgan fingerprint density at radius 1 is 1.19 bits per heavy atom. The summed E-state index contributed by atoms with van der Waals surface area (Å²) in [6, 6.07) is 12.8. The summed E-state index contributed by atoms with van der Waals surface area (Å²) in [5.74, 6) is 1.41. The van der Waals surface area contributed by atoms with Crippen molar-refractivity contribution in [3.63, 3.8) is 0 Å². The maximum absolute atomic E-state index is 12.7. The van der Waals surface area contributed by atoms with Crippen molar-refractivity contribution in [2.45, 2.75) is 38.7 Å². The Hall–Kier alpha value is -2.20. The number of benzene rings is 2. The highest BCUT2D eigenvalue weighted by atomic mass is 35.5. The molecule has 1 atom stereocenters. The van der Waals surface area contributed by atoms with Crippen LogP contribution in [0, 0.1) is 6.92 Å². The Bertz CT molecular complexity index is 767. The third-order valence-corrected chi connectivity index (χ3v) is 5.19. The van der Waals surface area contributed by atoms with Crippen LogP contribution in [-0.4, -0.2) is 35.1 Å². The highest BCUT2D eigenvalue weighted by Gasteiger charge is 2.27. The van der Waals surface area contributed by atoms with E-state index >= 15 is 0 Å².